The number of carbonyl (C=O) groups is 1. The summed E-state index contributed by atoms with van der Waals surface area (Å²) in [5, 5.41) is 11.7. The molecule has 0 bridgehead atoms. The van der Waals surface area contributed by atoms with Crippen LogP contribution in [0.2, 0.25) is 0 Å². The van der Waals surface area contributed by atoms with Crippen molar-refractivity contribution in [2.75, 3.05) is 13.2 Å². The zero-order valence-electron chi connectivity index (χ0n) is 10.9. The van der Waals surface area contributed by atoms with Crippen LogP contribution in [0.1, 0.15) is 18.4 Å². The average molecular weight is 274 g/mol. The van der Waals surface area contributed by atoms with E-state index < -0.39 is 5.91 Å². The second kappa shape index (κ2) is 6.83. The van der Waals surface area contributed by atoms with Crippen LogP contribution in [0, 0.1) is 17.1 Å². The highest BCUT2D eigenvalue weighted by Gasteiger charge is 2.17. The molecule has 5 heteroatoms. The van der Waals surface area contributed by atoms with Gasteiger partial charge in [-0.15, -0.1) is 0 Å². The lowest BCUT2D eigenvalue weighted by atomic mass is 10.1. The van der Waals surface area contributed by atoms with Gasteiger partial charge in [0.15, 0.2) is 0 Å². The summed E-state index contributed by atoms with van der Waals surface area (Å²) < 4.78 is 18.2. The fourth-order valence-corrected chi connectivity index (χ4v) is 1.98. The van der Waals surface area contributed by atoms with Crippen LogP contribution in [0.5, 0.6) is 0 Å². The first-order valence-electron chi connectivity index (χ1n) is 6.46. The number of ether oxygens (including phenoxy) is 1. The van der Waals surface area contributed by atoms with Crippen molar-refractivity contribution in [3.63, 3.8) is 0 Å². The third-order valence-electron chi connectivity index (χ3n) is 3.06. The first-order chi connectivity index (χ1) is 9.69. The van der Waals surface area contributed by atoms with Crippen molar-refractivity contribution < 1.29 is 13.9 Å². The molecule has 1 aromatic carbocycles. The fourth-order valence-electron chi connectivity index (χ4n) is 1.98. The lowest BCUT2D eigenvalue weighted by Gasteiger charge is -2.10. The number of hydrogen-bond acceptors (Lipinski definition) is 3. The second-order valence-corrected chi connectivity index (χ2v) is 4.57. The Morgan fingerprint density at radius 2 is 2.25 bits per heavy atom. The van der Waals surface area contributed by atoms with Gasteiger partial charge in [-0.2, -0.15) is 5.26 Å². The Morgan fingerprint density at radius 1 is 1.50 bits per heavy atom. The van der Waals surface area contributed by atoms with Gasteiger partial charge in [-0.3, -0.25) is 4.79 Å². The topological polar surface area (TPSA) is 62.1 Å². The van der Waals surface area contributed by atoms with Crippen LogP contribution in [0.25, 0.3) is 6.08 Å². The molecule has 0 spiro atoms. The van der Waals surface area contributed by atoms with Gasteiger partial charge in [-0.1, -0.05) is 12.1 Å². The summed E-state index contributed by atoms with van der Waals surface area (Å²) in [6.45, 7) is 1.12. The molecular formula is C15H15FN2O2. The van der Waals surface area contributed by atoms with E-state index in [2.05, 4.69) is 5.32 Å². The van der Waals surface area contributed by atoms with Crippen LogP contribution in [0.15, 0.2) is 29.8 Å². The van der Waals surface area contributed by atoms with Crippen molar-refractivity contribution in [1.82, 2.24) is 5.32 Å². The van der Waals surface area contributed by atoms with Gasteiger partial charge < -0.3 is 10.1 Å². The lowest BCUT2D eigenvalue weighted by Crippen LogP contribution is -2.32. The van der Waals surface area contributed by atoms with Gasteiger partial charge in [0.2, 0.25) is 0 Å². The Morgan fingerprint density at radius 3 is 2.85 bits per heavy atom. The number of halogens is 1. The van der Waals surface area contributed by atoms with Crippen LogP contribution < -0.4 is 5.32 Å². The van der Waals surface area contributed by atoms with Crippen LogP contribution in [0.3, 0.4) is 0 Å². The van der Waals surface area contributed by atoms with E-state index in [0.29, 0.717) is 12.1 Å². The normalized spacial score (nSPS) is 18.6. The minimum absolute atomic E-state index is 0.00500. The molecule has 1 aliphatic rings. The van der Waals surface area contributed by atoms with E-state index in [1.165, 1.54) is 30.3 Å². The van der Waals surface area contributed by atoms with E-state index in [0.717, 1.165) is 19.4 Å². The molecule has 0 radical (unpaired) electrons. The largest absolute Gasteiger partial charge is 0.376 e. The molecule has 0 unspecified atom stereocenters. The molecular weight excluding hydrogens is 259 g/mol. The Hall–Kier alpha value is -2.19. The molecule has 1 heterocycles. The molecule has 20 heavy (non-hydrogen) atoms. The number of nitrogens with zero attached hydrogens (tertiary/aromatic N) is 1. The predicted molar refractivity (Wildman–Crippen MR) is 72.0 cm³/mol. The predicted octanol–water partition coefficient (Wildman–Crippen LogP) is 2.03. The van der Waals surface area contributed by atoms with E-state index in [1.807, 2.05) is 6.07 Å². The van der Waals surface area contributed by atoms with Gasteiger partial charge >= 0.3 is 0 Å². The van der Waals surface area contributed by atoms with Crippen LogP contribution in [0.4, 0.5) is 4.39 Å². The average Bonchev–Trinajstić information content (AvgIpc) is 2.97. The Balaban J connectivity index is 1.97. The Labute approximate surface area is 116 Å². The van der Waals surface area contributed by atoms with E-state index in [4.69, 9.17) is 10.00 Å². The zero-order valence-corrected chi connectivity index (χ0v) is 10.9. The maximum absolute atomic E-state index is 12.8. The molecule has 2 rings (SSSR count). The first-order valence-corrected chi connectivity index (χ1v) is 6.46. The molecule has 1 atom stereocenters. The van der Waals surface area contributed by atoms with Crippen molar-refractivity contribution in [1.29, 1.82) is 5.26 Å². The number of rotatable bonds is 4. The Kier molecular flexibility index (Phi) is 4.85. The van der Waals surface area contributed by atoms with Crippen LogP contribution in [-0.4, -0.2) is 25.2 Å². The molecule has 1 saturated heterocycles. The van der Waals surface area contributed by atoms with E-state index >= 15 is 0 Å². The molecule has 0 aliphatic carbocycles. The number of hydrogen-bond donors (Lipinski definition) is 1. The van der Waals surface area contributed by atoms with Gasteiger partial charge in [0.25, 0.3) is 5.91 Å². The van der Waals surface area contributed by atoms with Crippen molar-refractivity contribution >= 4 is 12.0 Å². The monoisotopic (exact) mass is 274 g/mol. The highest BCUT2D eigenvalue weighted by atomic mass is 19.1. The molecule has 1 fully saturated rings. The highest BCUT2D eigenvalue weighted by Crippen LogP contribution is 2.11. The summed E-state index contributed by atoms with van der Waals surface area (Å²) in [6, 6.07) is 7.45. The van der Waals surface area contributed by atoms with Crippen molar-refractivity contribution in [3.05, 3.63) is 41.2 Å². The molecule has 1 amide bonds. The van der Waals surface area contributed by atoms with Crippen molar-refractivity contribution in [2.24, 2.45) is 0 Å². The summed E-state index contributed by atoms with van der Waals surface area (Å²) in [5.74, 6) is -0.796. The van der Waals surface area contributed by atoms with Gasteiger partial charge in [0.1, 0.15) is 17.5 Å². The Bertz CT molecular complexity index is 540. The molecule has 4 nitrogen and oxygen atoms in total. The SMILES string of the molecule is N#C/C(=C\c1ccc(F)cc1)C(=O)NC[C@H]1CCCO1. The van der Waals surface area contributed by atoms with Crippen molar-refractivity contribution in [3.8, 4) is 6.07 Å². The van der Waals surface area contributed by atoms with E-state index in [1.54, 1.807) is 0 Å². The number of nitrogens with one attached hydrogen (secondary N) is 1. The molecule has 1 aromatic rings. The first kappa shape index (κ1) is 14.2. The smallest absolute Gasteiger partial charge is 0.262 e. The third kappa shape index (κ3) is 3.90. The van der Waals surface area contributed by atoms with Gasteiger partial charge in [0, 0.05) is 13.2 Å². The number of nitriles is 1. The number of benzene rings is 1. The zero-order chi connectivity index (χ0) is 14.4. The van der Waals surface area contributed by atoms with Gasteiger partial charge in [-0.25, -0.2) is 4.39 Å². The van der Waals surface area contributed by atoms with Gasteiger partial charge in [0.05, 0.1) is 6.10 Å². The van der Waals surface area contributed by atoms with Crippen molar-refractivity contribution in [2.45, 2.75) is 18.9 Å². The molecule has 0 aromatic heterocycles. The maximum Gasteiger partial charge on any atom is 0.262 e. The van der Waals surface area contributed by atoms with Gasteiger partial charge in [-0.05, 0) is 36.6 Å². The van der Waals surface area contributed by atoms with E-state index in [9.17, 15) is 9.18 Å². The third-order valence-corrected chi connectivity index (χ3v) is 3.06. The minimum atomic E-state index is -0.438. The fraction of sp³-hybridized carbons (Fsp3) is 0.333. The summed E-state index contributed by atoms with van der Waals surface area (Å²) in [7, 11) is 0. The quantitative estimate of drug-likeness (QED) is 0.675. The minimum Gasteiger partial charge on any atom is -0.376 e. The molecule has 104 valence electrons. The van der Waals surface area contributed by atoms with E-state index in [-0.39, 0.29) is 17.5 Å². The molecule has 1 N–H and O–H groups in total. The number of amides is 1. The second-order valence-electron chi connectivity index (χ2n) is 4.57. The summed E-state index contributed by atoms with van der Waals surface area (Å²) in [5.41, 5.74) is 0.602. The summed E-state index contributed by atoms with van der Waals surface area (Å²) in [6.07, 6.45) is 3.38. The summed E-state index contributed by atoms with van der Waals surface area (Å²) in [4.78, 5) is 11.9. The molecule has 0 saturated carbocycles. The summed E-state index contributed by atoms with van der Waals surface area (Å²) >= 11 is 0. The standard InChI is InChI=1S/C15H15FN2O2/c16-13-5-3-11(4-6-13)8-12(9-17)15(19)18-10-14-2-1-7-20-14/h3-6,8,14H,1-2,7,10H2,(H,18,19)/b12-8+/t14-/m1/s1. The highest BCUT2D eigenvalue weighted by molar-refractivity contribution is 6.01. The molecule has 1 aliphatic heterocycles. The van der Waals surface area contributed by atoms with Crippen LogP contribution >= 0.6 is 0 Å². The lowest BCUT2D eigenvalue weighted by molar-refractivity contribution is -0.117. The maximum atomic E-state index is 12.8. The van der Waals surface area contributed by atoms with Crippen LogP contribution in [-0.2, 0) is 9.53 Å². The number of carbonyl (C=O) groups excluding carboxylic acids is 1.